The SMILES string of the molecule is Cc1nn(C)c(C)c1-c1nc2c(NCCCN3CCCC3=O)ncnc2n1C(C)C. The van der Waals surface area contributed by atoms with Gasteiger partial charge in [0.15, 0.2) is 17.0 Å². The first kappa shape index (κ1) is 20.3. The lowest BCUT2D eigenvalue weighted by Gasteiger charge is -2.15. The molecule has 0 aromatic carbocycles. The zero-order valence-electron chi connectivity index (χ0n) is 18.4. The molecule has 1 saturated heterocycles. The van der Waals surface area contributed by atoms with Gasteiger partial charge in [0.05, 0.1) is 11.3 Å². The third kappa shape index (κ3) is 3.53. The Hall–Kier alpha value is -2.97. The fraction of sp³-hybridized carbons (Fsp3) is 0.571. The molecular weight excluding hydrogens is 380 g/mol. The van der Waals surface area contributed by atoms with Gasteiger partial charge in [-0.15, -0.1) is 0 Å². The molecule has 1 N–H and O–H groups in total. The van der Waals surface area contributed by atoms with Crippen molar-refractivity contribution in [2.24, 2.45) is 7.05 Å². The van der Waals surface area contributed by atoms with Crippen molar-refractivity contribution >= 4 is 22.9 Å². The molecule has 0 radical (unpaired) electrons. The Kier molecular flexibility index (Phi) is 5.44. The van der Waals surface area contributed by atoms with E-state index in [4.69, 9.17) is 4.98 Å². The van der Waals surface area contributed by atoms with Gasteiger partial charge in [0, 0.05) is 44.8 Å². The number of aryl methyl sites for hydroxylation is 2. The number of fused-ring (bicyclic) bond motifs is 1. The predicted octanol–water partition coefficient (Wildman–Crippen LogP) is 2.85. The summed E-state index contributed by atoms with van der Waals surface area (Å²) in [7, 11) is 1.95. The number of carbonyl (C=O) groups excluding carboxylic acids is 1. The van der Waals surface area contributed by atoms with Crippen molar-refractivity contribution in [3.05, 3.63) is 17.7 Å². The summed E-state index contributed by atoms with van der Waals surface area (Å²) < 4.78 is 4.04. The lowest BCUT2D eigenvalue weighted by Crippen LogP contribution is -2.27. The number of hydrogen-bond donors (Lipinski definition) is 1. The van der Waals surface area contributed by atoms with Gasteiger partial charge >= 0.3 is 0 Å². The number of rotatable bonds is 7. The van der Waals surface area contributed by atoms with Crippen molar-refractivity contribution in [1.82, 2.24) is 34.2 Å². The highest BCUT2D eigenvalue weighted by molar-refractivity contribution is 5.87. The fourth-order valence-electron chi connectivity index (χ4n) is 4.22. The van der Waals surface area contributed by atoms with Crippen molar-refractivity contribution in [2.75, 3.05) is 25.0 Å². The van der Waals surface area contributed by atoms with Crippen LogP contribution in [0.5, 0.6) is 0 Å². The summed E-state index contributed by atoms with van der Waals surface area (Å²) >= 11 is 0. The van der Waals surface area contributed by atoms with E-state index in [1.54, 1.807) is 6.33 Å². The highest BCUT2D eigenvalue weighted by atomic mass is 16.2. The van der Waals surface area contributed by atoms with Crippen LogP contribution in [0.15, 0.2) is 6.33 Å². The lowest BCUT2D eigenvalue weighted by atomic mass is 10.2. The van der Waals surface area contributed by atoms with Gasteiger partial charge in [-0.25, -0.2) is 15.0 Å². The Morgan fingerprint density at radius 3 is 2.67 bits per heavy atom. The van der Waals surface area contributed by atoms with E-state index in [2.05, 4.69) is 45.7 Å². The van der Waals surface area contributed by atoms with E-state index in [0.717, 1.165) is 72.2 Å². The van der Waals surface area contributed by atoms with Crippen molar-refractivity contribution in [2.45, 2.75) is 53.0 Å². The van der Waals surface area contributed by atoms with E-state index >= 15 is 0 Å². The van der Waals surface area contributed by atoms with E-state index in [-0.39, 0.29) is 11.9 Å². The molecule has 4 rings (SSSR count). The van der Waals surface area contributed by atoms with Crippen molar-refractivity contribution in [1.29, 1.82) is 0 Å². The van der Waals surface area contributed by atoms with Crippen molar-refractivity contribution < 1.29 is 4.79 Å². The number of carbonyl (C=O) groups is 1. The zero-order valence-corrected chi connectivity index (χ0v) is 18.4. The average molecular weight is 411 g/mol. The van der Waals surface area contributed by atoms with E-state index in [1.807, 2.05) is 23.6 Å². The number of imidazole rings is 1. The maximum absolute atomic E-state index is 11.8. The summed E-state index contributed by atoms with van der Waals surface area (Å²) in [4.78, 5) is 27.7. The second-order valence-electron chi connectivity index (χ2n) is 8.23. The highest BCUT2D eigenvalue weighted by Crippen LogP contribution is 2.33. The Balaban J connectivity index is 1.63. The van der Waals surface area contributed by atoms with Crippen LogP contribution in [0, 0.1) is 13.8 Å². The second kappa shape index (κ2) is 8.04. The van der Waals surface area contributed by atoms with E-state index in [9.17, 15) is 4.79 Å². The molecule has 0 atom stereocenters. The maximum Gasteiger partial charge on any atom is 0.222 e. The number of anilines is 1. The number of likely N-dealkylation sites (tertiary alicyclic amines) is 1. The average Bonchev–Trinajstić information content (AvgIpc) is 3.35. The van der Waals surface area contributed by atoms with Crippen LogP contribution < -0.4 is 5.32 Å². The van der Waals surface area contributed by atoms with Crippen LogP contribution in [0.25, 0.3) is 22.6 Å². The summed E-state index contributed by atoms with van der Waals surface area (Å²) in [6, 6.07) is 0.188. The van der Waals surface area contributed by atoms with Crippen LogP contribution in [0.2, 0.25) is 0 Å². The van der Waals surface area contributed by atoms with Gasteiger partial charge in [-0.3, -0.25) is 9.48 Å². The zero-order chi connectivity index (χ0) is 21.4. The first-order valence-electron chi connectivity index (χ1n) is 10.6. The third-order valence-electron chi connectivity index (χ3n) is 5.79. The van der Waals surface area contributed by atoms with Crippen LogP contribution >= 0.6 is 0 Å². The minimum atomic E-state index is 0.188. The quantitative estimate of drug-likeness (QED) is 0.602. The first-order chi connectivity index (χ1) is 14.4. The standard InChI is InChI=1S/C21H30N8O/c1-13(2)29-20(17-14(3)26-27(5)15(17)4)25-18-19(23-12-24-21(18)29)22-9-7-11-28-10-6-8-16(28)30/h12-13H,6-11H2,1-5H3,(H,22,23,24). The molecule has 0 aliphatic carbocycles. The van der Waals surface area contributed by atoms with Crippen LogP contribution in [0.1, 0.15) is 50.5 Å². The predicted molar refractivity (Wildman–Crippen MR) is 116 cm³/mol. The largest absolute Gasteiger partial charge is 0.368 e. The monoisotopic (exact) mass is 410 g/mol. The molecule has 0 unspecified atom stereocenters. The highest BCUT2D eigenvalue weighted by Gasteiger charge is 2.24. The molecule has 1 amide bonds. The summed E-state index contributed by atoms with van der Waals surface area (Å²) in [6.45, 7) is 10.7. The topological polar surface area (TPSA) is 93.8 Å². The summed E-state index contributed by atoms with van der Waals surface area (Å²) in [5.41, 5.74) is 4.64. The number of nitrogens with one attached hydrogen (secondary N) is 1. The molecule has 1 fully saturated rings. The molecule has 9 nitrogen and oxygen atoms in total. The Morgan fingerprint density at radius 2 is 2.03 bits per heavy atom. The fourth-order valence-corrected chi connectivity index (χ4v) is 4.22. The van der Waals surface area contributed by atoms with Crippen LogP contribution in [-0.4, -0.2) is 59.7 Å². The molecule has 0 bridgehead atoms. The number of aromatic nitrogens is 6. The molecule has 1 aliphatic heterocycles. The lowest BCUT2D eigenvalue weighted by molar-refractivity contribution is -0.127. The molecule has 0 saturated carbocycles. The summed E-state index contributed by atoms with van der Waals surface area (Å²) in [6.07, 6.45) is 4.11. The van der Waals surface area contributed by atoms with Crippen LogP contribution in [-0.2, 0) is 11.8 Å². The number of hydrogen-bond acceptors (Lipinski definition) is 6. The van der Waals surface area contributed by atoms with Gasteiger partial charge in [0.25, 0.3) is 0 Å². The third-order valence-corrected chi connectivity index (χ3v) is 5.79. The number of nitrogens with zero attached hydrogens (tertiary/aromatic N) is 7. The van der Waals surface area contributed by atoms with Crippen molar-refractivity contribution in [3.8, 4) is 11.4 Å². The first-order valence-corrected chi connectivity index (χ1v) is 10.6. The molecule has 30 heavy (non-hydrogen) atoms. The smallest absolute Gasteiger partial charge is 0.222 e. The molecule has 160 valence electrons. The number of amides is 1. The van der Waals surface area contributed by atoms with Gasteiger partial charge < -0.3 is 14.8 Å². The molecule has 3 aromatic rings. The van der Waals surface area contributed by atoms with Gasteiger partial charge in [-0.05, 0) is 40.5 Å². The van der Waals surface area contributed by atoms with Gasteiger partial charge in [0.1, 0.15) is 12.2 Å². The van der Waals surface area contributed by atoms with Gasteiger partial charge in [0.2, 0.25) is 5.91 Å². The van der Waals surface area contributed by atoms with Crippen LogP contribution in [0.3, 0.4) is 0 Å². The Labute approximate surface area is 176 Å². The summed E-state index contributed by atoms with van der Waals surface area (Å²) in [5.74, 6) is 1.86. The molecular formula is C21H30N8O. The molecule has 9 heteroatoms. The van der Waals surface area contributed by atoms with E-state index < -0.39 is 0 Å². The van der Waals surface area contributed by atoms with Crippen molar-refractivity contribution in [3.63, 3.8) is 0 Å². The summed E-state index contributed by atoms with van der Waals surface area (Å²) in [5, 5.41) is 7.97. The second-order valence-corrected chi connectivity index (χ2v) is 8.23. The molecule has 0 spiro atoms. The van der Waals surface area contributed by atoms with Gasteiger partial charge in [-0.2, -0.15) is 5.10 Å². The Bertz CT molecular complexity index is 1080. The van der Waals surface area contributed by atoms with Gasteiger partial charge in [-0.1, -0.05) is 0 Å². The minimum Gasteiger partial charge on any atom is -0.368 e. The minimum absolute atomic E-state index is 0.188. The van der Waals surface area contributed by atoms with E-state index in [1.165, 1.54) is 0 Å². The molecule has 3 aromatic heterocycles. The Morgan fingerprint density at radius 1 is 1.23 bits per heavy atom. The molecule has 4 heterocycles. The maximum atomic E-state index is 11.8. The van der Waals surface area contributed by atoms with Crippen LogP contribution in [0.4, 0.5) is 5.82 Å². The normalized spacial score (nSPS) is 14.5. The molecule has 1 aliphatic rings. The van der Waals surface area contributed by atoms with E-state index in [0.29, 0.717) is 6.42 Å².